The van der Waals surface area contributed by atoms with E-state index in [1.807, 2.05) is 53.7 Å². The van der Waals surface area contributed by atoms with E-state index in [-0.39, 0.29) is 16.4 Å². The maximum atomic E-state index is 11.6. The predicted molar refractivity (Wildman–Crippen MR) is 80.0 cm³/mol. The van der Waals surface area contributed by atoms with Gasteiger partial charge in [0.1, 0.15) is 5.82 Å². The van der Waals surface area contributed by atoms with E-state index in [9.17, 15) is 9.90 Å². The zero-order valence-electron chi connectivity index (χ0n) is 10.7. The van der Waals surface area contributed by atoms with Gasteiger partial charge in [-0.25, -0.2) is 4.98 Å². The molecule has 100 valence electrons. The van der Waals surface area contributed by atoms with Crippen LogP contribution in [0.3, 0.4) is 0 Å². The molecule has 0 aromatic carbocycles. The Bertz CT molecular complexity index is 410. The van der Waals surface area contributed by atoms with Gasteiger partial charge in [0.2, 0.25) is 5.91 Å². The Morgan fingerprint density at radius 3 is 2.72 bits per heavy atom. The van der Waals surface area contributed by atoms with E-state index in [1.54, 1.807) is 13.0 Å². The summed E-state index contributed by atoms with van der Waals surface area (Å²) in [6.07, 6.45) is 0. The molecule has 0 fully saturated rings. The number of nitrogens with one attached hydrogen (secondary N) is 1. The first kappa shape index (κ1) is 15.2. The Morgan fingerprint density at radius 1 is 1.56 bits per heavy atom. The van der Waals surface area contributed by atoms with E-state index >= 15 is 0 Å². The molecule has 0 aliphatic rings. The van der Waals surface area contributed by atoms with Gasteiger partial charge < -0.3 is 15.3 Å². The average molecular weight is 363 g/mol. The number of alkyl halides is 1. The zero-order chi connectivity index (χ0) is 13.7. The number of aliphatic hydroxyl groups is 1. The van der Waals surface area contributed by atoms with Crippen LogP contribution in [0.5, 0.6) is 0 Å². The van der Waals surface area contributed by atoms with Gasteiger partial charge in [-0.3, -0.25) is 4.79 Å². The number of aliphatic hydroxyl groups excluding tert-OH is 1. The number of rotatable bonds is 5. The monoisotopic (exact) mass is 363 g/mol. The fourth-order valence-corrected chi connectivity index (χ4v) is 1.56. The van der Waals surface area contributed by atoms with Gasteiger partial charge >= 0.3 is 0 Å². The van der Waals surface area contributed by atoms with E-state index in [4.69, 9.17) is 0 Å². The van der Waals surface area contributed by atoms with Crippen molar-refractivity contribution in [1.82, 2.24) is 10.3 Å². The third kappa shape index (κ3) is 4.09. The molecular formula is C12H18IN3O2. The molecule has 0 bridgehead atoms. The molecule has 0 saturated heterocycles. The van der Waals surface area contributed by atoms with Crippen molar-refractivity contribution in [2.24, 2.45) is 0 Å². The van der Waals surface area contributed by atoms with Crippen LogP contribution >= 0.6 is 22.6 Å². The van der Waals surface area contributed by atoms with Crippen molar-refractivity contribution in [3.63, 3.8) is 0 Å². The van der Waals surface area contributed by atoms with Crippen molar-refractivity contribution in [3.05, 3.63) is 23.9 Å². The Hall–Kier alpha value is -0.890. The van der Waals surface area contributed by atoms with Crippen molar-refractivity contribution >= 4 is 34.3 Å². The molecule has 0 spiro atoms. The molecule has 1 aromatic rings. The lowest BCUT2D eigenvalue weighted by Gasteiger charge is -2.19. The second-order valence-electron chi connectivity index (χ2n) is 4.17. The molecule has 0 radical (unpaired) electrons. The van der Waals surface area contributed by atoms with Crippen LogP contribution in [0.25, 0.3) is 0 Å². The van der Waals surface area contributed by atoms with Crippen LogP contribution in [-0.4, -0.2) is 40.6 Å². The quantitative estimate of drug-likeness (QED) is 0.608. The Balaban J connectivity index is 2.88. The average Bonchev–Trinajstić information content (AvgIpc) is 2.35. The number of hydrogen-bond donors (Lipinski definition) is 2. The molecule has 2 atom stereocenters. The Labute approximate surface area is 121 Å². The molecule has 0 aliphatic heterocycles. The lowest BCUT2D eigenvalue weighted by molar-refractivity contribution is -0.121. The normalized spacial score (nSPS) is 13.8. The number of anilines is 1. The van der Waals surface area contributed by atoms with Crippen molar-refractivity contribution < 1.29 is 9.90 Å². The molecule has 0 unspecified atom stereocenters. The number of nitrogens with zero attached hydrogens (tertiary/aromatic N) is 2. The van der Waals surface area contributed by atoms with Crippen LogP contribution in [0.2, 0.25) is 0 Å². The largest absolute Gasteiger partial charge is 0.394 e. The fourth-order valence-electron chi connectivity index (χ4n) is 1.38. The minimum Gasteiger partial charge on any atom is -0.394 e. The van der Waals surface area contributed by atoms with Crippen LogP contribution in [0.4, 0.5) is 5.82 Å². The predicted octanol–water partition coefficient (Wildman–Crippen LogP) is 1.12. The SMILES string of the molecule is C[C@@H](I)C(=O)N[C@H](CO)c1cccc(N(C)C)n1. The summed E-state index contributed by atoms with van der Waals surface area (Å²) < 4.78 is -0.145. The number of hydrogen-bond acceptors (Lipinski definition) is 4. The molecular weight excluding hydrogens is 345 g/mol. The van der Waals surface area contributed by atoms with E-state index in [2.05, 4.69) is 10.3 Å². The van der Waals surface area contributed by atoms with Gasteiger partial charge in [0.05, 0.1) is 22.3 Å². The second-order valence-corrected chi connectivity index (χ2v) is 6.04. The van der Waals surface area contributed by atoms with E-state index in [0.717, 1.165) is 5.82 Å². The number of carbonyl (C=O) groups is 1. The Morgan fingerprint density at radius 2 is 2.22 bits per heavy atom. The third-order valence-electron chi connectivity index (χ3n) is 2.43. The van der Waals surface area contributed by atoms with E-state index in [0.29, 0.717) is 5.69 Å². The van der Waals surface area contributed by atoms with Gasteiger partial charge in [0.15, 0.2) is 0 Å². The lowest BCUT2D eigenvalue weighted by Crippen LogP contribution is -2.35. The summed E-state index contributed by atoms with van der Waals surface area (Å²) >= 11 is 2.03. The highest BCUT2D eigenvalue weighted by Gasteiger charge is 2.18. The summed E-state index contributed by atoms with van der Waals surface area (Å²) in [4.78, 5) is 17.9. The summed E-state index contributed by atoms with van der Waals surface area (Å²) in [5, 5.41) is 12.1. The van der Waals surface area contributed by atoms with Crippen molar-refractivity contribution in [3.8, 4) is 0 Å². The molecule has 0 aliphatic carbocycles. The van der Waals surface area contributed by atoms with E-state index in [1.165, 1.54) is 0 Å². The molecule has 18 heavy (non-hydrogen) atoms. The standard InChI is InChI=1S/C12H18IN3O2/c1-8(13)12(18)15-10(7-17)9-5-4-6-11(14-9)16(2)3/h4-6,8,10,17H,7H2,1-3H3,(H,15,18)/t8-,10-/m1/s1. The number of carbonyl (C=O) groups excluding carboxylic acids is 1. The fraction of sp³-hybridized carbons (Fsp3) is 0.500. The highest BCUT2D eigenvalue weighted by atomic mass is 127. The molecule has 1 amide bonds. The summed E-state index contributed by atoms with van der Waals surface area (Å²) in [5.74, 6) is 0.689. The molecule has 6 heteroatoms. The molecule has 1 heterocycles. The first-order chi connectivity index (χ1) is 8.45. The summed E-state index contributed by atoms with van der Waals surface area (Å²) in [6.45, 7) is 1.63. The third-order valence-corrected chi connectivity index (χ3v) is 3.00. The first-order valence-corrected chi connectivity index (χ1v) is 6.90. The number of halogens is 1. The summed E-state index contributed by atoms with van der Waals surface area (Å²) in [7, 11) is 3.79. The van der Waals surface area contributed by atoms with Crippen LogP contribution < -0.4 is 10.2 Å². The molecule has 1 aromatic heterocycles. The maximum absolute atomic E-state index is 11.6. The highest BCUT2D eigenvalue weighted by Crippen LogP contribution is 2.15. The Kier molecular flexibility index (Phi) is 5.80. The van der Waals surface area contributed by atoms with E-state index < -0.39 is 6.04 Å². The van der Waals surface area contributed by atoms with Crippen molar-refractivity contribution in [1.29, 1.82) is 0 Å². The lowest BCUT2D eigenvalue weighted by atomic mass is 10.2. The summed E-state index contributed by atoms with van der Waals surface area (Å²) in [5.41, 5.74) is 0.661. The smallest absolute Gasteiger partial charge is 0.233 e. The van der Waals surface area contributed by atoms with Crippen LogP contribution in [-0.2, 0) is 4.79 Å². The van der Waals surface area contributed by atoms with Crippen LogP contribution in [0.1, 0.15) is 18.7 Å². The zero-order valence-corrected chi connectivity index (χ0v) is 12.9. The van der Waals surface area contributed by atoms with Gasteiger partial charge in [-0.2, -0.15) is 0 Å². The second kappa shape index (κ2) is 6.89. The van der Waals surface area contributed by atoms with Gasteiger partial charge in [0, 0.05) is 14.1 Å². The number of pyridine rings is 1. The summed E-state index contributed by atoms with van der Waals surface area (Å²) in [6, 6.07) is 5.07. The van der Waals surface area contributed by atoms with Crippen LogP contribution in [0, 0.1) is 0 Å². The molecule has 2 N–H and O–H groups in total. The van der Waals surface area contributed by atoms with Gasteiger partial charge in [-0.05, 0) is 19.1 Å². The molecule has 0 saturated carbocycles. The van der Waals surface area contributed by atoms with Crippen molar-refractivity contribution in [2.75, 3.05) is 25.6 Å². The van der Waals surface area contributed by atoms with Gasteiger partial charge in [-0.15, -0.1) is 0 Å². The minimum atomic E-state index is -0.463. The van der Waals surface area contributed by atoms with Gasteiger partial charge in [-0.1, -0.05) is 28.7 Å². The molecule has 1 rings (SSSR count). The molecule has 5 nitrogen and oxygen atoms in total. The van der Waals surface area contributed by atoms with Crippen molar-refractivity contribution in [2.45, 2.75) is 16.9 Å². The topological polar surface area (TPSA) is 65.5 Å². The number of aromatic nitrogens is 1. The first-order valence-electron chi connectivity index (χ1n) is 5.65. The highest BCUT2D eigenvalue weighted by molar-refractivity contribution is 14.1. The van der Waals surface area contributed by atoms with Gasteiger partial charge in [0.25, 0.3) is 0 Å². The number of amides is 1. The minimum absolute atomic E-state index is 0.105. The van der Waals surface area contributed by atoms with Crippen LogP contribution in [0.15, 0.2) is 18.2 Å². The maximum Gasteiger partial charge on any atom is 0.233 e.